The molecule has 6 heteroatoms. The van der Waals surface area contributed by atoms with E-state index in [0.29, 0.717) is 31.5 Å². The average molecular weight is 372 g/mol. The van der Waals surface area contributed by atoms with Crippen molar-refractivity contribution in [3.8, 4) is 0 Å². The molecular weight excluding hydrogens is 344 g/mol. The maximum absolute atomic E-state index is 12.0. The number of hydrogen-bond acceptors (Lipinski definition) is 5. The van der Waals surface area contributed by atoms with E-state index in [0.717, 1.165) is 25.7 Å². The standard InChI is InChI=1S/C21H28N2O4/c24-19(23-14-5-6-14)10-16-9-17-21(26-16)20(25)18(27-17)11-22-15-7-12-3-1-2-4-13(12)8-15/h1-4,14-18,20-22,25H,5-11H2,(H,23,24). The topological polar surface area (TPSA) is 79.8 Å². The fourth-order valence-electron chi connectivity index (χ4n) is 4.72. The molecule has 0 radical (unpaired) electrons. The number of carbonyl (C=O) groups excluding carboxylic acids is 1. The van der Waals surface area contributed by atoms with E-state index in [1.807, 2.05) is 0 Å². The Balaban J connectivity index is 1.08. The van der Waals surface area contributed by atoms with Crippen molar-refractivity contribution in [1.82, 2.24) is 10.6 Å². The van der Waals surface area contributed by atoms with Gasteiger partial charge in [-0.05, 0) is 36.8 Å². The Morgan fingerprint density at radius 1 is 1.11 bits per heavy atom. The van der Waals surface area contributed by atoms with Crippen LogP contribution in [0.1, 0.15) is 36.8 Å². The predicted octanol–water partition coefficient (Wildman–Crippen LogP) is 0.698. The Labute approximate surface area is 159 Å². The molecule has 27 heavy (non-hydrogen) atoms. The molecule has 5 atom stereocenters. The lowest BCUT2D eigenvalue weighted by molar-refractivity contribution is -0.124. The number of carbonyl (C=O) groups is 1. The Bertz CT molecular complexity index is 682. The summed E-state index contributed by atoms with van der Waals surface area (Å²) in [6.45, 7) is 0.628. The summed E-state index contributed by atoms with van der Waals surface area (Å²) in [7, 11) is 0. The van der Waals surface area contributed by atoms with Crippen molar-refractivity contribution in [3.63, 3.8) is 0 Å². The van der Waals surface area contributed by atoms with Crippen LogP contribution in [0.25, 0.3) is 0 Å². The Hall–Kier alpha value is -1.47. The van der Waals surface area contributed by atoms with E-state index >= 15 is 0 Å². The molecule has 3 N–H and O–H groups in total. The van der Waals surface area contributed by atoms with Crippen LogP contribution in [0.4, 0.5) is 0 Å². The molecule has 2 heterocycles. The zero-order chi connectivity index (χ0) is 18.4. The van der Waals surface area contributed by atoms with Gasteiger partial charge in [0.25, 0.3) is 0 Å². The Kier molecular flexibility index (Phi) is 4.68. The van der Waals surface area contributed by atoms with Crippen molar-refractivity contribution in [1.29, 1.82) is 0 Å². The van der Waals surface area contributed by atoms with E-state index in [9.17, 15) is 9.90 Å². The minimum Gasteiger partial charge on any atom is -0.388 e. The van der Waals surface area contributed by atoms with E-state index < -0.39 is 6.10 Å². The molecule has 4 aliphatic rings. The van der Waals surface area contributed by atoms with Crippen LogP contribution >= 0.6 is 0 Å². The maximum Gasteiger partial charge on any atom is 0.222 e. The van der Waals surface area contributed by atoms with Gasteiger partial charge in [0, 0.05) is 25.0 Å². The molecule has 0 spiro atoms. The van der Waals surface area contributed by atoms with E-state index in [4.69, 9.17) is 9.47 Å². The van der Waals surface area contributed by atoms with Crippen molar-refractivity contribution in [2.45, 2.75) is 81.1 Å². The van der Waals surface area contributed by atoms with Crippen LogP contribution in [-0.2, 0) is 27.1 Å². The van der Waals surface area contributed by atoms with Gasteiger partial charge in [-0.2, -0.15) is 0 Å². The van der Waals surface area contributed by atoms with Crippen LogP contribution in [0.2, 0.25) is 0 Å². The quantitative estimate of drug-likeness (QED) is 0.685. The number of aliphatic hydroxyl groups excluding tert-OH is 1. The number of aliphatic hydroxyl groups is 1. The molecule has 2 saturated heterocycles. The van der Waals surface area contributed by atoms with Gasteiger partial charge in [-0.1, -0.05) is 24.3 Å². The highest BCUT2D eigenvalue weighted by atomic mass is 16.6. The molecule has 5 unspecified atom stereocenters. The van der Waals surface area contributed by atoms with Gasteiger partial charge in [-0.3, -0.25) is 4.79 Å². The van der Waals surface area contributed by atoms with Crippen LogP contribution in [-0.4, -0.2) is 60.2 Å². The van der Waals surface area contributed by atoms with Gasteiger partial charge in [0.2, 0.25) is 5.91 Å². The normalized spacial score (nSPS) is 35.2. The second kappa shape index (κ2) is 7.17. The summed E-state index contributed by atoms with van der Waals surface area (Å²) in [5.74, 6) is 0.0518. The summed E-state index contributed by atoms with van der Waals surface area (Å²) in [5, 5.41) is 17.2. The number of rotatable bonds is 6. The van der Waals surface area contributed by atoms with Gasteiger partial charge in [0.05, 0.1) is 24.7 Å². The lowest BCUT2D eigenvalue weighted by atomic mass is 10.1. The van der Waals surface area contributed by atoms with Gasteiger partial charge in [0.15, 0.2) is 0 Å². The summed E-state index contributed by atoms with van der Waals surface area (Å²) in [6.07, 6.45) is 3.84. The van der Waals surface area contributed by atoms with Crippen LogP contribution in [0, 0.1) is 0 Å². The summed E-state index contributed by atoms with van der Waals surface area (Å²) >= 11 is 0. The van der Waals surface area contributed by atoms with Crippen molar-refractivity contribution in [3.05, 3.63) is 35.4 Å². The monoisotopic (exact) mass is 372 g/mol. The highest BCUT2D eigenvalue weighted by Crippen LogP contribution is 2.35. The molecule has 2 aliphatic carbocycles. The molecule has 2 aliphatic heterocycles. The van der Waals surface area contributed by atoms with Crippen LogP contribution in [0.5, 0.6) is 0 Å². The van der Waals surface area contributed by atoms with Crippen molar-refractivity contribution in [2.24, 2.45) is 0 Å². The van der Waals surface area contributed by atoms with Crippen LogP contribution < -0.4 is 10.6 Å². The van der Waals surface area contributed by atoms with Gasteiger partial charge in [-0.25, -0.2) is 0 Å². The molecule has 6 nitrogen and oxygen atoms in total. The lowest BCUT2D eigenvalue weighted by Crippen LogP contribution is -2.42. The number of amides is 1. The number of nitrogens with one attached hydrogen (secondary N) is 2. The van der Waals surface area contributed by atoms with Crippen LogP contribution in [0.15, 0.2) is 24.3 Å². The summed E-state index contributed by atoms with van der Waals surface area (Å²) in [4.78, 5) is 12.0. The van der Waals surface area contributed by atoms with Gasteiger partial charge >= 0.3 is 0 Å². The largest absolute Gasteiger partial charge is 0.388 e. The third-order valence-corrected chi connectivity index (χ3v) is 6.29. The molecule has 1 saturated carbocycles. The molecule has 146 valence electrons. The fourth-order valence-corrected chi connectivity index (χ4v) is 4.72. The fraction of sp³-hybridized carbons (Fsp3) is 0.667. The molecule has 5 rings (SSSR count). The maximum atomic E-state index is 12.0. The summed E-state index contributed by atoms with van der Waals surface area (Å²) in [5.41, 5.74) is 2.82. The highest BCUT2D eigenvalue weighted by molar-refractivity contribution is 5.77. The summed E-state index contributed by atoms with van der Waals surface area (Å²) < 4.78 is 12.0. The van der Waals surface area contributed by atoms with Gasteiger partial charge in [0.1, 0.15) is 12.2 Å². The highest BCUT2D eigenvalue weighted by Gasteiger charge is 2.50. The Morgan fingerprint density at radius 2 is 1.85 bits per heavy atom. The van der Waals surface area contributed by atoms with E-state index in [-0.39, 0.29) is 30.3 Å². The second-order valence-corrected chi connectivity index (χ2v) is 8.49. The van der Waals surface area contributed by atoms with E-state index in [1.54, 1.807) is 0 Å². The summed E-state index contributed by atoms with van der Waals surface area (Å²) in [6, 6.07) is 9.33. The zero-order valence-corrected chi connectivity index (χ0v) is 15.5. The van der Waals surface area contributed by atoms with Gasteiger partial charge in [-0.15, -0.1) is 0 Å². The minimum atomic E-state index is -0.636. The number of hydrogen-bond donors (Lipinski definition) is 3. The molecule has 0 bridgehead atoms. The SMILES string of the molecule is O=C(CC1CC2OC(CNC3Cc4ccccc4C3)C(O)C2O1)NC1CC1. The molecule has 1 amide bonds. The average Bonchev–Trinajstić information content (AvgIpc) is 3.11. The van der Waals surface area contributed by atoms with Crippen LogP contribution in [0.3, 0.4) is 0 Å². The first kappa shape index (κ1) is 17.6. The molecule has 1 aromatic rings. The zero-order valence-electron chi connectivity index (χ0n) is 15.5. The van der Waals surface area contributed by atoms with Crippen molar-refractivity contribution in [2.75, 3.05) is 6.54 Å². The molecule has 0 aromatic heterocycles. The first-order chi connectivity index (χ1) is 13.2. The minimum absolute atomic E-state index is 0.0518. The van der Waals surface area contributed by atoms with E-state index in [2.05, 4.69) is 34.9 Å². The smallest absolute Gasteiger partial charge is 0.222 e. The number of benzene rings is 1. The lowest BCUT2D eigenvalue weighted by Gasteiger charge is -2.22. The van der Waals surface area contributed by atoms with Crippen molar-refractivity contribution >= 4 is 5.91 Å². The first-order valence-corrected chi connectivity index (χ1v) is 10.2. The number of fused-ring (bicyclic) bond motifs is 2. The van der Waals surface area contributed by atoms with Gasteiger partial charge < -0.3 is 25.2 Å². The van der Waals surface area contributed by atoms with Crippen molar-refractivity contribution < 1.29 is 19.4 Å². The number of ether oxygens (including phenoxy) is 2. The molecule has 3 fully saturated rings. The van der Waals surface area contributed by atoms with E-state index in [1.165, 1.54) is 11.1 Å². The first-order valence-electron chi connectivity index (χ1n) is 10.2. The third kappa shape index (κ3) is 3.76. The predicted molar refractivity (Wildman–Crippen MR) is 99.4 cm³/mol. The molecular formula is C21H28N2O4. The second-order valence-electron chi connectivity index (χ2n) is 8.49. The Morgan fingerprint density at radius 3 is 2.52 bits per heavy atom. The molecule has 1 aromatic carbocycles. The third-order valence-electron chi connectivity index (χ3n) is 6.29.